The molecule has 3 rings (SSSR count). The van der Waals surface area contributed by atoms with Crippen LogP contribution in [0.15, 0.2) is 83.8 Å². The van der Waals surface area contributed by atoms with Gasteiger partial charge in [0, 0.05) is 11.1 Å². The summed E-state index contributed by atoms with van der Waals surface area (Å²) in [6.45, 7) is 0. The Bertz CT molecular complexity index is 1150. The molecule has 0 aromatic heterocycles. The summed E-state index contributed by atoms with van der Waals surface area (Å²) in [5, 5.41) is 5.04. The summed E-state index contributed by atoms with van der Waals surface area (Å²) in [5.41, 5.74) is 0.0453. The fourth-order valence-electron chi connectivity index (χ4n) is 2.66. The molecule has 6 nitrogen and oxygen atoms in total. The van der Waals surface area contributed by atoms with Gasteiger partial charge in [-0.05, 0) is 18.2 Å². The van der Waals surface area contributed by atoms with Crippen molar-refractivity contribution in [2.75, 3.05) is 0 Å². The van der Waals surface area contributed by atoms with E-state index in [4.69, 9.17) is 9.88 Å². The molecule has 0 saturated carbocycles. The van der Waals surface area contributed by atoms with Crippen LogP contribution < -0.4 is 5.14 Å². The van der Waals surface area contributed by atoms with Gasteiger partial charge in [-0.1, -0.05) is 60.7 Å². The third-order valence-electron chi connectivity index (χ3n) is 4.11. The number of Topliss-reactive ketones (excluding diaryl/α,β-unsaturated/α-hetero) is 1. The second kappa shape index (κ2) is 8.34. The lowest BCUT2D eigenvalue weighted by Gasteiger charge is -2.18. The number of carbonyl (C=O) groups is 2. The standard InChI is InChI=1S/C21H16FNO5S/c22-18-12-11-16(29(23,26)27)13-17(18)21(25)28-20(15-9-5-2-6-10-15)19(24)14-7-3-1-4-8-14/h1-13,20H,(H2,23,26,27)/t20-/m0/s1. The van der Waals surface area contributed by atoms with Gasteiger partial charge in [-0.25, -0.2) is 22.7 Å². The summed E-state index contributed by atoms with van der Waals surface area (Å²) in [5.74, 6) is -2.69. The third kappa shape index (κ3) is 4.74. The van der Waals surface area contributed by atoms with Crippen molar-refractivity contribution < 1.29 is 27.1 Å². The molecule has 29 heavy (non-hydrogen) atoms. The second-order valence-corrected chi connectivity index (χ2v) is 7.67. The number of rotatable bonds is 6. The Morgan fingerprint density at radius 2 is 1.48 bits per heavy atom. The molecule has 148 valence electrons. The Morgan fingerprint density at radius 1 is 0.897 bits per heavy atom. The number of sulfonamides is 1. The normalized spacial score (nSPS) is 12.2. The molecule has 0 aliphatic carbocycles. The predicted octanol–water partition coefficient (Wildman–Crippen LogP) is 3.25. The van der Waals surface area contributed by atoms with Crippen LogP contribution in [0.3, 0.4) is 0 Å². The van der Waals surface area contributed by atoms with E-state index in [1.54, 1.807) is 60.7 Å². The molecule has 1 atom stereocenters. The van der Waals surface area contributed by atoms with E-state index in [1.165, 1.54) is 0 Å². The third-order valence-corrected chi connectivity index (χ3v) is 5.02. The van der Waals surface area contributed by atoms with Gasteiger partial charge in [-0.2, -0.15) is 0 Å². The Hall–Kier alpha value is -3.36. The smallest absolute Gasteiger partial charge is 0.342 e. The van der Waals surface area contributed by atoms with Crippen molar-refractivity contribution >= 4 is 21.8 Å². The molecule has 8 heteroatoms. The molecular formula is C21H16FNO5S. The van der Waals surface area contributed by atoms with Crippen LogP contribution in [0.25, 0.3) is 0 Å². The van der Waals surface area contributed by atoms with Crippen LogP contribution in [0.5, 0.6) is 0 Å². The molecule has 0 unspecified atom stereocenters. The minimum absolute atomic E-state index is 0.299. The first-order valence-corrected chi connectivity index (χ1v) is 9.99. The molecular weight excluding hydrogens is 397 g/mol. The Morgan fingerprint density at radius 3 is 2.07 bits per heavy atom. The summed E-state index contributed by atoms with van der Waals surface area (Å²) < 4.78 is 42.5. The van der Waals surface area contributed by atoms with Gasteiger partial charge in [-0.15, -0.1) is 0 Å². The fraction of sp³-hybridized carbons (Fsp3) is 0.0476. The average molecular weight is 413 g/mol. The van der Waals surface area contributed by atoms with E-state index in [2.05, 4.69) is 0 Å². The molecule has 0 radical (unpaired) electrons. The minimum Gasteiger partial charge on any atom is -0.445 e. The van der Waals surface area contributed by atoms with E-state index in [9.17, 15) is 22.4 Å². The van der Waals surface area contributed by atoms with Gasteiger partial charge in [0.1, 0.15) is 5.82 Å². The van der Waals surface area contributed by atoms with Crippen molar-refractivity contribution in [1.82, 2.24) is 0 Å². The summed E-state index contributed by atoms with van der Waals surface area (Å²) in [7, 11) is -4.16. The number of primary sulfonamides is 1. The van der Waals surface area contributed by atoms with Gasteiger partial charge in [0.2, 0.25) is 15.8 Å². The minimum atomic E-state index is -4.16. The average Bonchev–Trinajstić information content (AvgIpc) is 2.72. The molecule has 3 aromatic carbocycles. The van der Waals surface area contributed by atoms with Crippen molar-refractivity contribution in [2.45, 2.75) is 11.0 Å². The highest BCUT2D eigenvalue weighted by Gasteiger charge is 2.28. The van der Waals surface area contributed by atoms with Crippen LogP contribution in [0.1, 0.15) is 32.4 Å². The molecule has 2 N–H and O–H groups in total. The zero-order valence-electron chi connectivity index (χ0n) is 15.0. The number of nitrogens with two attached hydrogens (primary N) is 1. The number of esters is 1. The lowest BCUT2D eigenvalue weighted by Crippen LogP contribution is -2.21. The SMILES string of the molecule is NS(=O)(=O)c1ccc(F)c(C(=O)O[C@H](C(=O)c2ccccc2)c2ccccc2)c1. The number of carbonyl (C=O) groups excluding carboxylic acids is 2. The van der Waals surface area contributed by atoms with E-state index < -0.39 is 44.2 Å². The summed E-state index contributed by atoms with van der Waals surface area (Å²) in [6.07, 6.45) is -1.34. The molecule has 0 spiro atoms. The maximum Gasteiger partial charge on any atom is 0.342 e. The van der Waals surface area contributed by atoms with Crippen LogP contribution in [-0.4, -0.2) is 20.2 Å². The first kappa shape index (κ1) is 20.4. The monoisotopic (exact) mass is 413 g/mol. The summed E-state index contributed by atoms with van der Waals surface area (Å²) in [6, 6.07) is 18.9. The number of hydrogen-bond donors (Lipinski definition) is 1. The number of ether oxygens (including phenoxy) is 1. The highest BCUT2D eigenvalue weighted by molar-refractivity contribution is 7.89. The van der Waals surface area contributed by atoms with Gasteiger partial charge >= 0.3 is 5.97 Å². The molecule has 3 aromatic rings. The van der Waals surface area contributed by atoms with Gasteiger partial charge in [0.05, 0.1) is 10.5 Å². The van der Waals surface area contributed by atoms with Crippen LogP contribution in [0.2, 0.25) is 0 Å². The van der Waals surface area contributed by atoms with Crippen LogP contribution >= 0.6 is 0 Å². The largest absolute Gasteiger partial charge is 0.445 e. The van der Waals surface area contributed by atoms with Crippen LogP contribution in [0, 0.1) is 5.82 Å². The van der Waals surface area contributed by atoms with Gasteiger partial charge in [-0.3, -0.25) is 4.79 Å². The Labute approximate surface area is 166 Å². The van der Waals surface area contributed by atoms with E-state index in [1.807, 2.05) is 0 Å². The highest BCUT2D eigenvalue weighted by Crippen LogP contribution is 2.25. The Kier molecular flexibility index (Phi) is 5.86. The molecule has 0 heterocycles. The lowest BCUT2D eigenvalue weighted by atomic mass is 9.99. The number of ketones is 1. The van der Waals surface area contributed by atoms with E-state index in [-0.39, 0.29) is 0 Å². The van der Waals surface area contributed by atoms with Crippen molar-refractivity contribution in [3.63, 3.8) is 0 Å². The predicted molar refractivity (Wildman–Crippen MR) is 103 cm³/mol. The fourth-order valence-corrected chi connectivity index (χ4v) is 3.20. The van der Waals surface area contributed by atoms with Gasteiger partial charge < -0.3 is 4.74 Å². The molecule has 0 amide bonds. The van der Waals surface area contributed by atoms with Crippen LogP contribution in [-0.2, 0) is 14.8 Å². The number of halogens is 1. The summed E-state index contributed by atoms with van der Waals surface area (Å²) >= 11 is 0. The first-order valence-electron chi connectivity index (χ1n) is 8.45. The van der Waals surface area contributed by atoms with Crippen molar-refractivity contribution in [3.8, 4) is 0 Å². The maximum atomic E-state index is 14.2. The highest BCUT2D eigenvalue weighted by atomic mass is 32.2. The van der Waals surface area contributed by atoms with Crippen molar-refractivity contribution in [1.29, 1.82) is 0 Å². The van der Waals surface area contributed by atoms with E-state index >= 15 is 0 Å². The van der Waals surface area contributed by atoms with Gasteiger partial charge in [0.15, 0.2) is 6.10 Å². The molecule has 0 bridgehead atoms. The lowest BCUT2D eigenvalue weighted by molar-refractivity contribution is 0.0275. The number of hydrogen-bond acceptors (Lipinski definition) is 5. The topological polar surface area (TPSA) is 104 Å². The van der Waals surface area contributed by atoms with Crippen LogP contribution in [0.4, 0.5) is 4.39 Å². The second-order valence-electron chi connectivity index (χ2n) is 6.11. The quantitative estimate of drug-likeness (QED) is 0.493. The molecule has 0 aliphatic rings. The zero-order chi connectivity index (χ0) is 21.0. The number of benzene rings is 3. The van der Waals surface area contributed by atoms with E-state index in [0.717, 1.165) is 18.2 Å². The Balaban J connectivity index is 1.99. The molecule has 0 fully saturated rings. The van der Waals surface area contributed by atoms with E-state index in [0.29, 0.717) is 11.1 Å². The molecule has 0 aliphatic heterocycles. The zero-order valence-corrected chi connectivity index (χ0v) is 15.8. The molecule has 0 saturated heterocycles. The maximum absolute atomic E-state index is 14.2. The first-order chi connectivity index (χ1) is 13.8. The van der Waals surface area contributed by atoms with Gasteiger partial charge in [0.25, 0.3) is 0 Å². The van der Waals surface area contributed by atoms with Crippen molar-refractivity contribution in [2.24, 2.45) is 5.14 Å². The summed E-state index contributed by atoms with van der Waals surface area (Å²) in [4.78, 5) is 25.1. The van der Waals surface area contributed by atoms with Crippen molar-refractivity contribution in [3.05, 3.63) is 101 Å².